The zero-order valence-corrected chi connectivity index (χ0v) is 14.4. The van der Waals surface area contributed by atoms with Crippen molar-refractivity contribution in [3.63, 3.8) is 0 Å². The summed E-state index contributed by atoms with van der Waals surface area (Å²) in [5.41, 5.74) is 1.37. The first-order chi connectivity index (χ1) is 8.88. The average molecular weight is 299 g/mol. The van der Waals surface area contributed by atoms with Crippen molar-refractivity contribution >= 4 is 23.1 Å². The number of rotatable bonds is 4. The lowest BCUT2D eigenvalue weighted by molar-refractivity contribution is 0.480. The van der Waals surface area contributed by atoms with E-state index in [1.54, 1.807) is 0 Å². The van der Waals surface area contributed by atoms with Gasteiger partial charge in [-0.15, -0.1) is 11.3 Å². The van der Waals surface area contributed by atoms with E-state index in [0.717, 1.165) is 12.5 Å². The maximum Gasteiger partial charge on any atom is 0.0985 e. The van der Waals surface area contributed by atoms with E-state index in [1.807, 2.05) is 11.3 Å². The van der Waals surface area contributed by atoms with Crippen LogP contribution >= 0.6 is 23.1 Å². The number of aromatic nitrogens is 1. The summed E-state index contributed by atoms with van der Waals surface area (Å²) in [5, 5.41) is 4.96. The van der Waals surface area contributed by atoms with E-state index in [4.69, 9.17) is 4.98 Å². The first-order valence-electron chi connectivity index (χ1n) is 7.17. The van der Waals surface area contributed by atoms with Crippen LogP contribution in [0.3, 0.4) is 0 Å². The monoisotopic (exact) mass is 298 g/mol. The molecule has 0 radical (unpaired) electrons. The highest BCUT2D eigenvalue weighted by Crippen LogP contribution is 2.32. The molecule has 1 fully saturated rings. The maximum absolute atomic E-state index is 4.76. The number of thioether (sulfide) groups is 1. The summed E-state index contributed by atoms with van der Waals surface area (Å²) in [6.45, 7) is 12.3. The van der Waals surface area contributed by atoms with Gasteiger partial charge in [-0.3, -0.25) is 0 Å². The fourth-order valence-corrected chi connectivity index (χ4v) is 4.75. The van der Waals surface area contributed by atoms with Crippen LogP contribution in [-0.4, -0.2) is 23.0 Å². The van der Waals surface area contributed by atoms with Crippen LogP contribution in [0, 0.1) is 12.8 Å². The van der Waals surface area contributed by atoms with Crippen molar-refractivity contribution in [1.29, 1.82) is 0 Å². The predicted octanol–water partition coefficient (Wildman–Crippen LogP) is 4.15. The molecule has 2 atom stereocenters. The molecule has 2 nitrogen and oxygen atoms in total. The van der Waals surface area contributed by atoms with E-state index in [-0.39, 0.29) is 5.41 Å². The molecular formula is C15H26N2S2. The van der Waals surface area contributed by atoms with Crippen molar-refractivity contribution in [2.75, 3.05) is 18.1 Å². The van der Waals surface area contributed by atoms with Gasteiger partial charge in [-0.05, 0) is 44.2 Å². The summed E-state index contributed by atoms with van der Waals surface area (Å²) in [6, 6.07) is 0.430. The van der Waals surface area contributed by atoms with Crippen LogP contribution in [-0.2, 0) is 5.41 Å². The third-order valence-corrected chi connectivity index (χ3v) is 6.60. The molecule has 108 valence electrons. The fourth-order valence-electron chi connectivity index (χ4n) is 2.31. The molecule has 1 aromatic rings. The van der Waals surface area contributed by atoms with Gasteiger partial charge in [0.15, 0.2) is 0 Å². The lowest BCUT2D eigenvalue weighted by Crippen LogP contribution is -2.25. The molecule has 1 N–H and O–H groups in total. The molecule has 19 heavy (non-hydrogen) atoms. The second-order valence-corrected chi connectivity index (χ2v) is 8.76. The summed E-state index contributed by atoms with van der Waals surface area (Å²) in [7, 11) is 0. The van der Waals surface area contributed by atoms with Gasteiger partial charge in [-0.2, -0.15) is 11.8 Å². The van der Waals surface area contributed by atoms with Gasteiger partial charge in [0.2, 0.25) is 0 Å². The zero-order valence-electron chi connectivity index (χ0n) is 12.7. The molecule has 1 saturated heterocycles. The molecule has 1 aliphatic heterocycles. The lowest BCUT2D eigenvalue weighted by Gasteiger charge is -2.16. The third-order valence-electron chi connectivity index (χ3n) is 3.60. The van der Waals surface area contributed by atoms with Crippen LogP contribution in [0.4, 0.5) is 0 Å². The van der Waals surface area contributed by atoms with E-state index >= 15 is 0 Å². The van der Waals surface area contributed by atoms with Crippen molar-refractivity contribution in [3.8, 4) is 0 Å². The molecular weight excluding hydrogens is 272 g/mol. The van der Waals surface area contributed by atoms with E-state index in [2.05, 4.69) is 51.7 Å². The fraction of sp³-hybridized carbons (Fsp3) is 0.800. The van der Waals surface area contributed by atoms with Gasteiger partial charge in [0.1, 0.15) is 0 Å². The summed E-state index contributed by atoms with van der Waals surface area (Å²) in [5.74, 6) is 3.53. The number of hydrogen-bond acceptors (Lipinski definition) is 4. The van der Waals surface area contributed by atoms with Crippen LogP contribution in [0.5, 0.6) is 0 Å². The van der Waals surface area contributed by atoms with E-state index in [1.165, 1.54) is 33.5 Å². The van der Waals surface area contributed by atoms with Crippen LogP contribution in [0.2, 0.25) is 0 Å². The normalized spacial score (nSPS) is 21.8. The third kappa shape index (κ3) is 3.96. The molecule has 0 aliphatic carbocycles. The Balaban J connectivity index is 1.98. The number of aryl methyl sites for hydroxylation is 1. The van der Waals surface area contributed by atoms with Crippen molar-refractivity contribution in [2.45, 2.75) is 52.5 Å². The number of nitrogens with one attached hydrogen (secondary N) is 1. The molecule has 0 amide bonds. The highest BCUT2D eigenvalue weighted by atomic mass is 32.2. The van der Waals surface area contributed by atoms with E-state index < -0.39 is 0 Å². The van der Waals surface area contributed by atoms with Gasteiger partial charge in [0.25, 0.3) is 0 Å². The number of thiazole rings is 1. The topological polar surface area (TPSA) is 24.9 Å². The first-order valence-corrected chi connectivity index (χ1v) is 9.14. The second-order valence-electron chi connectivity index (χ2n) is 6.58. The first kappa shape index (κ1) is 15.3. The second kappa shape index (κ2) is 6.15. The van der Waals surface area contributed by atoms with Crippen LogP contribution < -0.4 is 5.32 Å². The largest absolute Gasteiger partial charge is 0.309 e. The Kier molecular flexibility index (Phi) is 4.96. The van der Waals surface area contributed by atoms with Gasteiger partial charge in [0, 0.05) is 16.3 Å². The van der Waals surface area contributed by atoms with Crippen LogP contribution in [0.1, 0.15) is 55.7 Å². The Morgan fingerprint density at radius 2 is 2.16 bits per heavy atom. The maximum atomic E-state index is 4.76. The summed E-state index contributed by atoms with van der Waals surface area (Å²) in [6.07, 6.45) is 1.37. The Morgan fingerprint density at radius 1 is 1.42 bits per heavy atom. The average Bonchev–Trinajstić information content (AvgIpc) is 2.93. The molecule has 0 spiro atoms. The minimum Gasteiger partial charge on any atom is -0.309 e. The zero-order chi connectivity index (χ0) is 14.0. The van der Waals surface area contributed by atoms with Gasteiger partial charge in [-0.25, -0.2) is 4.98 Å². The smallest absolute Gasteiger partial charge is 0.0985 e. The van der Waals surface area contributed by atoms with Gasteiger partial charge in [0.05, 0.1) is 10.7 Å². The van der Waals surface area contributed by atoms with E-state index in [0.29, 0.717) is 6.04 Å². The van der Waals surface area contributed by atoms with Gasteiger partial charge >= 0.3 is 0 Å². The molecule has 0 aromatic carbocycles. The quantitative estimate of drug-likeness (QED) is 0.904. The van der Waals surface area contributed by atoms with Crippen LogP contribution in [0.25, 0.3) is 0 Å². The molecule has 2 heterocycles. The molecule has 2 unspecified atom stereocenters. The Morgan fingerprint density at radius 3 is 2.68 bits per heavy atom. The van der Waals surface area contributed by atoms with Crippen molar-refractivity contribution in [2.24, 2.45) is 5.92 Å². The minimum atomic E-state index is 0.162. The number of hydrogen-bond donors (Lipinski definition) is 1. The molecule has 0 saturated carbocycles. The highest BCUT2D eigenvalue weighted by molar-refractivity contribution is 7.99. The van der Waals surface area contributed by atoms with Crippen molar-refractivity contribution in [1.82, 2.24) is 10.3 Å². The molecule has 1 aliphatic rings. The highest BCUT2D eigenvalue weighted by Gasteiger charge is 2.23. The van der Waals surface area contributed by atoms with Crippen molar-refractivity contribution < 1.29 is 0 Å². The van der Waals surface area contributed by atoms with Gasteiger partial charge in [-0.1, -0.05) is 20.8 Å². The van der Waals surface area contributed by atoms with E-state index in [9.17, 15) is 0 Å². The van der Waals surface area contributed by atoms with Crippen LogP contribution in [0.15, 0.2) is 0 Å². The Hall–Kier alpha value is -0.0600. The summed E-state index contributed by atoms with van der Waals surface area (Å²) >= 11 is 3.97. The minimum absolute atomic E-state index is 0.162. The molecule has 0 bridgehead atoms. The molecule has 1 aromatic heterocycles. The van der Waals surface area contributed by atoms with Gasteiger partial charge < -0.3 is 5.32 Å². The standard InChI is InChI=1S/C15H26N2S2/c1-10(16-8-12-6-7-18-9-12)13-11(2)17-14(19-13)15(3,4)5/h10,12,16H,6-9H2,1-5H3. The lowest BCUT2D eigenvalue weighted by atomic mass is 9.98. The summed E-state index contributed by atoms with van der Waals surface area (Å²) < 4.78 is 0. The molecule has 2 rings (SSSR count). The Bertz CT molecular complexity index is 414. The number of nitrogens with zero attached hydrogens (tertiary/aromatic N) is 1. The summed E-state index contributed by atoms with van der Waals surface area (Å²) in [4.78, 5) is 6.17. The van der Waals surface area contributed by atoms with Crippen molar-refractivity contribution in [3.05, 3.63) is 15.6 Å². The molecule has 4 heteroatoms. The Labute approximate surface area is 125 Å². The predicted molar refractivity (Wildman–Crippen MR) is 87.4 cm³/mol. The SMILES string of the molecule is Cc1nc(C(C)(C)C)sc1C(C)NCC1CCSC1.